The molecule has 2 heterocycles. The highest BCUT2D eigenvalue weighted by Crippen LogP contribution is 2.23. The van der Waals surface area contributed by atoms with Crippen LogP contribution in [0.2, 0.25) is 0 Å². The highest BCUT2D eigenvalue weighted by Gasteiger charge is 2.28. The molecule has 0 aromatic carbocycles. The van der Waals surface area contributed by atoms with E-state index in [4.69, 9.17) is 0 Å². The van der Waals surface area contributed by atoms with Crippen LogP contribution in [0, 0.1) is 6.92 Å². The summed E-state index contributed by atoms with van der Waals surface area (Å²) < 4.78 is 27.5. The van der Waals surface area contributed by atoms with E-state index in [0.29, 0.717) is 5.78 Å². The van der Waals surface area contributed by atoms with Crippen LogP contribution in [-0.4, -0.2) is 46.3 Å². The summed E-state index contributed by atoms with van der Waals surface area (Å²) in [6.07, 6.45) is 6.49. The first-order valence-corrected chi connectivity index (χ1v) is 9.23. The van der Waals surface area contributed by atoms with E-state index >= 15 is 0 Å². The average Bonchev–Trinajstić information content (AvgIpc) is 2.87. The van der Waals surface area contributed by atoms with Crippen LogP contribution in [0.1, 0.15) is 31.4 Å². The van der Waals surface area contributed by atoms with Gasteiger partial charge in [-0.2, -0.15) is 14.6 Å². The second kappa shape index (κ2) is 5.81. The molecule has 0 aliphatic heterocycles. The second-order valence-corrected chi connectivity index (χ2v) is 7.57. The van der Waals surface area contributed by atoms with Crippen molar-refractivity contribution in [1.29, 1.82) is 0 Å². The molecule has 120 valence electrons. The van der Waals surface area contributed by atoms with E-state index in [-0.39, 0.29) is 12.1 Å². The van der Waals surface area contributed by atoms with Gasteiger partial charge in [-0.3, -0.25) is 0 Å². The van der Waals surface area contributed by atoms with Gasteiger partial charge in [-0.05, 0) is 19.8 Å². The highest BCUT2D eigenvalue weighted by molar-refractivity contribution is 7.88. The molecule has 2 atom stereocenters. The quantitative estimate of drug-likeness (QED) is 0.859. The smallest absolute Gasteiger partial charge is 0.254 e. The molecule has 2 aromatic heterocycles. The van der Waals surface area contributed by atoms with Crippen molar-refractivity contribution in [1.82, 2.24) is 24.3 Å². The number of hydrogen-bond donors (Lipinski definition) is 2. The van der Waals surface area contributed by atoms with Gasteiger partial charge >= 0.3 is 0 Å². The molecule has 0 amide bonds. The third kappa shape index (κ3) is 3.36. The number of hydrogen-bond acceptors (Lipinski definition) is 6. The summed E-state index contributed by atoms with van der Waals surface area (Å²) >= 11 is 0. The lowest BCUT2D eigenvalue weighted by Crippen LogP contribution is -2.48. The molecule has 3 rings (SSSR count). The van der Waals surface area contributed by atoms with Crippen molar-refractivity contribution in [3.05, 3.63) is 18.1 Å². The minimum atomic E-state index is -3.23. The van der Waals surface area contributed by atoms with E-state index < -0.39 is 10.0 Å². The van der Waals surface area contributed by atoms with Crippen molar-refractivity contribution in [3.8, 4) is 0 Å². The lowest BCUT2D eigenvalue weighted by Gasteiger charge is -2.32. The lowest BCUT2D eigenvalue weighted by atomic mass is 9.91. The van der Waals surface area contributed by atoms with Crippen LogP contribution in [-0.2, 0) is 10.0 Å². The van der Waals surface area contributed by atoms with Crippen LogP contribution < -0.4 is 10.0 Å². The number of anilines is 1. The first kappa shape index (κ1) is 15.2. The van der Waals surface area contributed by atoms with E-state index in [9.17, 15) is 8.42 Å². The molecule has 0 saturated heterocycles. The van der Waals surface area contributed by atoms with Gasteiger partial charge in [0.2, 0.25) is 10.0 Å². The van der Waals surface area contributed by atoms with Gasteiger partial charge in [0.05, 0.1) is 6.26 Å². The lowest BCUT2D eigenvalue weighted by molar-refractivity contribution is 0.378. The molecule has 0 radical (unpaired) electrons. The number of sulfonamides is 1. The molecule has 1 aliphatic rings. The predicted molar refractivity (Wildman–Crippen MR) is 83.2 cm³/mol. The number of rotatable bonds is 4. The summed E-state index contributed by atoms with van der Waals surface area (Å²) in [5.41, 5.74) is 0.839. The molecule has 8 nitrogen and oxygen atoms in total. The fraction of sp³-hybridized carbons (Fsp3) is 0.615. The molecule has 1 aliphatic carbocycles. The van der Waals surface area contributed by atoms with Gasteiger partial charge in [-0.15, -0.1) is 0 Å². The van der Waals surface area contributed by atoms with Gasteiger partial charge in [0.25, 0.3) is 5.78 Å². The van der Waals surface area contributed by atoms with Gasteiger partial charge in [-0.1, -0.05) is 12.8 Å². The van der Waals surface area contributed by atoms with E-state index in [2.05, 4.69) is 25.1 Å². The van der Waals surface area contributed by atoms with E-state index in [0.717, 1.165) is 37.2 Å². The van der Waals surface area contributed by atoms with Crippen LogP contribution in [0.4, 0.5) is 5.82 Å². The largest absolute Gasteiger partial charge is 0.366 e. The highest BCUT2D eigenvalue weighted by atomic mass is 32.2. The Morgan fingerprint density at radius 1 is 1.27 bits per heavy atom. The van der Waals surface area contributed by atoms with Gasteiger partial charge in [-0.25, -0.2) is 18.1 Å². The first-order valence-electron chi connectivity index (χ1n) is 7.33. The fourth-order valence-electron chi connectivity index (χ4n) is 2.94. The molecule has 22 heavy (non-hydrogen) atoms. The maximum absolute atomic E-state index is 11.5. The molecule has 0 spiro atoms. The van der Waals surface area contributed by atoms with E-state index in [1.54, 1.807) is 4.52 Å². The zero-order chi connectivity index (χ0) is 15.7. The third-order valence-electron chi connectivity index (χ3n) is 3.84. The Balaban J connectivity index is 1.87. The SMILES string of the molecule is Cc1cc(NC2CCCCC2NS(C)(=O)=O)n2ncnc2n1. The van der Waals surface area contributed by atoms with Crippen molar-refractivity contribution >= 4 is 21.6 Å². The first-order chi connectivity index (χ1) is 10.4. The molecule has 2 aromatic rings. The standard InChI is InChI=1S/C13H20N6O2S/c1-9-7-12(19-13(16-9)14-8-15-19)17-10-5-3-4-6-11(10)18-22(2,20)21/h7-8,10-11,17-18H,3-6H2,1-2H3. The summed E-state index contributed by atoms with van der Waals surface area (Å²) in [5.74, 6) is 1.32. The predicted octanol–water partition coefficient (Wildman–Crippen LogP) is 0.705. The number of nitrogens with zero attached hydrogens (tertiary/aromatic N) is 4. The minimum Gasteiger partial charge on any atom is -0.366 e. The van der Waals surface area contributed by atoms with Crippen LogP contribution >= 0.6 is 0 Å². The van der Waals surface area contributed by atoms with Gasteiger partial charge in [0.15, 0.2) is 0 Å². The van der Waals surface area contributed by atoms with Gasteiger partial charge < -0.3 is 5.32 Å². The third-order valence-corrected chi connectivity index (χ3v) is 4.58. The normalized spacial score (nSPS) is 22.8. The molecule has 1 saturated carbocycles. The van der Waals surface area contributed by atoms with Crippen molar-refractivity contribution in [3.63, 3.8) is 0 Å². The molecule has 9 heteroatoms. The Morgan fingerprint density at radius 2 is 2.00 bits per heavy atom. The van der Waals surface area contributed by atoms with Crippen LogP contribution in [0.15, 0.2) is 12.4 Å². The zero-order valence-electron chi connectivity index (χ0n) is 12.7. The van der Waals surface area contributed by atoms with Crippen molar-refractivity contribution in [2.45, 2.75) is 44.7 Å². The maximum Gasteiger partial charge on any atom is 0.254 e. The Kier molecular flexibility index (Phi) is 4.00. The molecule has 1 fully saturated rings. The number of fused-ring (bicyclic) bond motifs is 1. The van der Waals surface area contributed by atoms with Crippen LogP contribution in [0.5, 0.6) is 0 Å². The molecule has 2 N–H and O–H groups in total. The van der Waals surface area contributed by atoms with Crippen LogP contribution in [0.25, 0.3) is 5.78 Å². The number of nitrogens with one attached hydrogen (secondary N) is 2. The molecular formula is C13H20N6O2S. The fourth-order valence-corrected chi connectivity index (χ4v) is 3.78. The topological polar surface area (TPSA) is 101 Å². The summed E-state index contributed by atoms with van der Waals surface area (Å²) in [6, 6.07) is 1.81. The van der Waals surface area contributed by atoms with Crippen molar-refractivity contribution < 1.29 is 8.42 Å². The minimum absolute atomic E-state index is 0.0256. The Labute approximate surface area is 129 Å². The summed E-state index contributed by atoms with van der Waals surface area (Å²) in [6.45, 7) is 1.90. The van der Waals surface area contributed by atoms with Crippen molar-refractivity contribution in [2.75, 3.05) is 11.6 Å². The molecule has 0 bridgehead atoms. The average molecular weight is 324 g/mol. The zero-order valence-corrected chi connectivity index (χ0v) is 13.5. The monoisotopic (exact) mass is 324 g/mol. The van der Waals surface area contributed by atoms with Crippen molar-refractivity contribution in [2.24, 2.45) is 0 Å². The summed E-state index contributed by atoms with van der Waals surface area (Å²) in [5, 5.41) is 7.58. The summed E-state index contributed by atoms with van der Waals surface area (Å²) in [4.78, 5) is 8.41. The Bertz CT molecular complexity index is 772. The van der Waals surface area contributed by atoms with Gasteiger partial charge in [0, 0.05) is 23.8 Å². The summed E-state index contributed by atoms with van der Waals surface area (Å²) in [7, 11) is -3.23. The Morgan fingerprint density at radius 3 is 2.73 bits per heavy atom. The Hall–Kier alpha value is -1.74. The van der Waals surface area contributed by atoms with E-state index in [1.807, 2.05) is 13.0 Å². The number of aryl methyl sites for hydroxylation is 1. The maximum atomic E-state index is 11.5. The van der Waals surface area contributed by atoms with E-state index in [1.165, 1.54) is 12.6 Å². The number of aromatic nitrogens is 4. The van der Waals surface area contributed by atoms with Crippen LogP contribution in [0.3, 0.4) is 0 Å². The second-order valence-electron chi connectivity index (χ2n) is 5.79. The molecular weight excluding hydrogens is 304 g/mol. The van der Waals surface area contributed by atoms with Gasteiger partial charge in [0.1, 0.15) is 12.1 Å². The molecule has 2 unspecified atom stereocenters.